The van der Waals surface area contributed by atoms with E-state index in [1.165, 1.54) is 22.4 Å². The molecule has 0 saturated heterocycles. The van der Waals surface area contributed by atoms with E-state index in [1.807, 2.05) is 12.1 Å². The van der Waals surface area contributed by atoms with Gasteiger partial charge in [-0.25, -0.2) is 0 Å². The molecule has 0 radical (unpaired) electrons. The fraction of sp³-hybridized carbons (Fsp3) is 0.250. The number of nitrogens with zero attached hydrogens (tertiary/aromatic N) is 1. The van der Waals surface area contributed by atoms with Gasteiger partial charge < -0.3 is 10.6 Å². The van der Waals surface area contributed by atoms with E-state index < -0.39 is 0 Å². The maximum Gasteiger partial charge on any atom is 0.0458 e. The largest absolute Gasteiger partial charge is 0.399 e. The zero-order valence-electron chi connectivity index (χ0n) is 11.5. The maximum atomic E-state index is 5.88. The van der Waals surface area contributed by atoms with Crippen molar-refractivity contribution in [3.8, 4) is 0 Å². The van der Waals surface area contributed by atoms with E-state index in [-0.39, 0.29) is 0 Å². The Bertz CT molecular complexity index is 573. The van der Waals surface area contributed by atoms with Crippen LogP contribution in [0.1, 0.15) is 16.7 Å². The molecule has 0 aliphatic rings. The van der Waals surface area contributed by atoms with Crippen LogP contribution in [0.5, 0.6) is 0 Å². The van der Waals surface area contributed by atoms with E-state index in [2.05, 4.69) is 57.0 Å². The monoisotopic (exact) mass is 240 g/mol. The molecular formula is C16H20N2. The summed E-state index contributed by atoms with van der Waals surface area (Å²) in [6.45, 7) is 6.36. The second-order valence-corrected chi connectivity index (χ2v) is 4.89. The Labute approximate surface area is 109 Å². The minimum atomic E-state index is 0.798. The van der Waals surface area contributed by atoms with Crippen molar-refractivity contribution in [2.75, 3.05) is 17.7 Å². The van der Waals surface area contributed by atoms with Crippen molar-refractivity contribution >= 4 is 17.1 Å². The van der Waals surface area contributed by atoms with Crippen LogP contribution in [-0.4, -0.2) is 7.05 Å². The highest BCUT2D eigenvalue weighted by Gasteiger charge is 2.09. The van der Waals surface area contributed by atoms with Gasteiger partial charge in [0, 0.05) is 24.1 Å². The Morgan fingerprint density at radius 2 is 1.56 bits per heavy atom. The quantitative estimate of drug-likeness (QED) is 0.805. The Hall–Kier alpha value is -1.96. The summed E-state index contributed by atoms with van der Waals surface area (Å²) in [6, 6.07) is 12.5. The number of nitrogens with two attached hydrogens (primary N) is 1. The molecule has 18 heavy (non-hydrogen) atoms. The third-order valence-electron chi connectivity index (χ3n) is 3.31. The van der Waals surface area contributed by atoms with Crippen LogP contribution in [0, 0.1) is 20.8 Å². The third-order valence-corrected chi connectivity index (χ3v) is 3.31. The van der Waals surface area contributed by atoms with Crippen LogP contribution in [-0.2, 0) is 0 Å². The normalized spacial score (nSPS) is 10.4. The third kappa shape index (κ3) is 2.33. The summed E-state index contributed by atoms with van der Waals surface area (Å²) in [4.78, 5) is 2.19. The average Bonchev–Trinajstić information content (AvgIpc) is 2.31. The van der Waals surface area contributed by atoms with Crippen molar-refractivity contribution in [1.82, 2.24) is 0 Å². The number of aryl methyl sites for hydroxylation is 3. The van der Waals surface area contributed by atoms with Gasteiger partial charge in [-0.05, 0) is 50.1 Å². The standard InChI is InChI=1S/C16H20N2/c1-11-5-8-15(13(3)9-11)18(4)16-10-14(17)7-6-12(16)2/h5-10H,17H2,1-4H3. The molecule has 2 nitrogen and oxygen atoms in total. The molecule has 0 saturated carbocycles. The van der Waals surface area contributed by atoms with Crippen molar-refractivity contribution in [2.45, 2.75) is 20.8 Å². The van der Waals surface area contributed by atoms with E-state index in [0.29, 0.717) is 0 Å². The Kier molecular flexibility index (Phi) is 3.28. The highest BCUT2D eigenvalue weighted by molar-refractivity contribution is 5.71. The molecule has 94 valence electrons. The van der Waals surface area contributed by atoms with Crippen LogP contribution in [0.3, 0.4) is 0 Å². The van der Waals surface area contributed by atoms with Crippen molar-refractivity contribution in [3.63, 3.8) is 0 Å². The first-order chi connectivity index (χ1) is 8.49. The van der Waals surface area contributed by atoms with Gasteiger partial charge >= 0.3 is 0 Å². The number of rotatable bonds is 2. The highest BCUT2D eigenvalue weighted by Crippen LogP contribution is 2.30. The van der Waals surface area contributed by atoms with Crippen molar-refractivity contribution in [2.24, 2.45) is 0 Å². The Morgan fingerprint density at radius 1 is 0.833 bits per heavy atom. The van der Waals surface area contributed by atoms with E-state index in [4.69, 9.17) is 5.73 Å². The fourth-order valence-electron chi connectivity index (χ4n) is 2.30. The molecule has 2 aromatic carbocycles. The summed E-state index contributed by atoms with van der Waals surface area (Å²) >= 11 is 0. The number of hydrogen-bond donors (Lipinski definition) is 1. The summed E-state index contributed by atoms with van der Waals surface area (Å²) in [6.07, 6.45) is 0. The van der Waals surface area contributed by atoms with Crippen LogP contribution < -0.4 is 10.6 Å². The molecule has 0 bridgehead atoms. The molecule has 2 rings (SSSR count). The number of anilines is 3. The second-order valence-electron chi connectivity index (χ2n) is 4.89. The molecule has 2 aromatic rings. The SMILES string of the molecule is Cc1ccc(N(C)c2cc(N)ccc2C)c(C)c1. The maximum absolute atomic E-state index is 5.88. The summed E-state index contributed by atoms with van der Waals surface area (Å²) < 4.78 is 0. The zero-order valence-corrected chi connectivity index (χ0v) is 11.5. The van der Waals surface area contributed by atoms with Gasteiger partial charge in [0.15, 0.2) is 0 Å². The number of nitrogen functional groups attached to an aromatic ring is 1. The van der Waals surface area contributed by atoms with Crippen LogP contribution in [0.2, 0.25) is 0 Å². The molecule has 0 unspecified atom stereocenters. The molecule has 2 heteroatoms. The predicted molar refractivity (Wildman–Crippen MR) is 79.6 cm³/mol. The minimum absolute atomic E-state index is 0.798. The van der Waals surface area contributed by atoms with Crippen LogP contribution in [0.15, 0.2) is 36.4 Å². The van der Waals surface area contributed by atoms with Gasteiger partial charge in [-0.1, -0.05) is 23.8 Å². The molecule has 0 aliphatic carbocycles. The second kappa shape index (κ2) is 4.73. The van der Waals surface area contributed by atoms with Crippen molar-refractivity contribution < 1.29 is 0 Å². The first-order valence-corrected chi connectivity index (χ1v) is 6.16. The molecule has 0 heterocycles. The number of hydrogen-bond acceptors (Lipinski definition) is 2. The summed E-state index contributed by atoms with van der Waals surface area (Å²) in [5.41, 5.74) is 12.8. The molecular weight excluding hydrogens is 220 g/mol. The highest BCUT2D eigenvalue weighted by atomic mass is 15.1. The van der Waals surface area contributed by atoms with Crippen LogP contribution in [0.4, 0.5) is 17.1 Å². The molecule has 0 aromatic heterocycles. The van der Waals surface area contributed by atoms with Crippen molar-refractivity contribution in [3.05, 3.63) is 53.1 Å². The molecule has 0 spiro atoms. The van der Waals surface area contributed by atoms with Crippen molar-refractivity contribution in [1.29, 1.82) is 0 Å². The van der Waals surface area contributed by atoms with Crippen LogP contribution >= 0.6 is 0 Å². The lowest BCUT2D eigenvalue weighted by atomic mass is 10.1. The lowest BCUT2D eigenvalue weighted by Crippen LogP contribution is -2.12. The van der Waals surface area contributed by atoms with Gasteiger partial charge in [-0.3, -0.25) is 0 Å². The summed E-state index contributed by atoms with van der Waals surface area (Å²) in [5, 5.41) is 0. The molecule has 0 atom stereocenters. The smallest absolute Gasteiger partial charge is 0.0458 e. The molecule has 0 aliphatic heterocycles. The predicted octanol–water partition coefficient (Wildman–Crippen LogP) is 3.96. The fourth-order valence-corrected chi connectivity index (χ4v) is 2.30. The molecule has 2 N–H and O–H groups in total. The lowest BCUT2D eigenvalue weighted by molar-refractivity contribution is 1.16. The topological polar surface area (TPSA) is 29.3 Å². The molecule has 0 fully saturated rings. The molecule has 0 amide bonds. The van der Waals surface area contributed by atoms with E-state index in [9.17, 15) is 0 Å². The van der Waals surface area contributed by atoms with Gasteiger partial charge in [-0.2, -0.15) is 0 Å². The van der Waals surface area contributed by atoms with Gasteiger partial charge in [0.1, 0.15) is 0 Å². The first-order valence-electron chi connectivity index (χ1n) is 6.16. The van der Waals surface area contributed by atoms with Gasteiger partial charge in [0.2, 0.25) is 0 Å². The van der Waals surface area contributed by atoms with Gasteiger partial charge in [0.25, 0.3) is 0 Å². The summed E-state index contributed by atoms with van der Waals surface area (Å²) in [7, 11) is 2.08. The zero-order chi connectivity index (χ0) is 13.3. The summed E-state index contributed by atoms with van der Waals surface area (Å²) in [5.74, 6) is 0. The Balaban J connectivity index is 2.47. The Morgan fingerprint density at radius 3 is 2.22 bits per heavy atom. The van der Waals surface area contributed by atoms with E-state index in [1.54, 1.807) is 0 Å². The lowest BCUT2D eigenvalue weighted by Gasteiger charge is -2.24. The van der Waals surface area contributed by atoms with E-state index >= 15 is 0 Å². The van der Waals surface area contributed by atoms with E-state index in [0.717, 1.165) is 11.4 Å². The minimum Gasteiger partial charge on any atom is -0.399 e. The van der Waals surface area contributed by atoms with Crippen LogP contribution in [0.25, 0.3) is 0 Å². The first kappa shape index (κ1) is 12.5. The number of benzene rings is 2. The van der Waals surface area contributed by atoms with Gasteiger partial charge in [0.05, 0.1) is 0 Å². The average molecular weight is 240 g/mol. The van der Waals surface area contributed by atoms with Gasteiger partial charge in [-0.15, -0.1) is 0 Å².